The molecule has 116 valence electrons. The third kappa shape index (κ3) is 4.19. The molecule has 1 saturated carbocycles. The van der Waals surface area contributed by atoms with Crippen molar-refractivity contribution < 1.29 is 14.3 Å². The first kappa shape index (κ1) is 15.8. The molecule has 0 unspecified atom stereocenters. The maximum absolute atomic E-state index is 11.9. The number of likely N-dealkylation sites (tertiary alicyclic amines) is 1. The van der Waals surface area contributed by atoms with Crippen LogP contribution in [-0.4, -0.2) is 49.3 Å². The van der Waals surface area contributed by atoms with Crippen LogP contribution in [0.1, 0.15) is 52.4 Å². The first-order chi connectivity index (χ1) is 9.60. The van der Waals surface area contributed by atoms with Crippen LogP contribution in [0.25, 0.3) is 0 Å². The predicted octanol–water partition coefficient (Wildman–Crippen LogP) is 2.61. The van der Waals surface area contributed by atoms with Crippen molar-refractivity contribution in [3.8, 4) is 0 Å². The smallest absolute Gasteiger partial charge is 0.225 e. The van der Waals surface area contributed by atoms with E-state index in [2.05, 4.69) is 0 Å². The quantitative estimate of drug-likeness (QED) is 0.796. The van der Waals surface area contributed by atoms with Gasteiger partial charge in [0.2, 0.25) is 5.91 Å². The van der Waals surface area contributed by atoms with E-state index in [1.807, 2.05) is 18.7 Å². The lowest BCUT2D eigenvalue weighted by atomic mass is 9.94. The molecular weight excluding hydrogens is 254 g/mol. The minimum absolute atomic E-state index is 0.108. The van der Waals surface area contributed by atoms with E-state index in [0.29, 0.717) is 18.3 Å². The fraction of sp³-hybridized carbons (Fsp3) is 0.938. The monoisotopic (exact) mass is 283 g/mol. The van der Waals surface area contributed by atoms with E-state index in [-0.39, 0.29) is 11.8 Å². The Bertz CT molecular complexity index is 303. The summed E-state index contributed by atoms with van der Waals surface area (Å²) in [5.41, 5.74) is 0. The van der Waals surface area contributed by atoms with E-state index in [1.165, 1.54) is 0 Å². The van der Waals surface area contributed by atoms with Crippen LogP contribution in [0.3, 0.4) is 0 Å². The van der Waals surface area contributed by atoms with Gasteiger partial charge < -0.3 is 14.4 Å². The molecule has 2 fully saturated rings. The maximum atomic E-state index is 11.9. The third-order valence-corrected chi connectivity index (χ3v) is 4.59. The van der Waals surface area contributed by atoms with Gasteiger partial charge in [0.15, 0.2) is 0 Å². The highest BCUT2D eigenvalue weighted by Crippen LogP contribution is 2.26. The van der Waals surface area contributed by atoms with Crippen LogP contribution >= 0.6 is 0 Å². The van der Waals surface area contributed by atoms with Crippen LogP contribution in [0.15, 0.2) is 0 Å². The van der Waals surface area contributed by atoms with Crippen molar-refractivity contribution in [3.05, 3.63) is 0 Å². The lowest BCUT2D eigenvalue weighted by Gasteiger charge is -2.36. The van der Waals surface area contributed by atoms with Crippen LogP contribution in [0, 0.1) is 5.92 Å². The summed E-state index contributed by atoms with van der Waals surface area (Å²) in [6.45, 7) is 5.66. The van der Waals surface area contributed by atoms with Gasteiger partial charge in [0.25, 0.3) is 0 Å². The Labute approximate surface area is 122 Å². The normalized spacial score (nSPS) is 28.9. The molecule has 0 aromatic rings. The zero-order valence-electron chi connectivity index (χ0n) is 13.1. The molecule has 2 rings (SSSR count). The predicted molar refractivity (Wildman–Crippen MR) is 78.6 cm³/mol. The summed E-state index contributed by atoms with van der Waals surface area (Å²) in [5, 5.41) is 0. The topological polar surface area (TPSA) is 38.8 Å². The van der Waals surface area contributed by atoms with Crippen molar-refractivity contribution in [1.29, 1.82) is 0 Å². The lowest BCUT2D eigenvalue weighted by molar-refractivity contribution is -0.138. The summed E-state index contributed by atoms with van der Waals surface area (Å²) in [4.78, 5) is 13.9. The van der Waals surface area contributed by atoms with Crippen LogP contribution in [0.4, 0.5) is 0 Å². The van der Waals surface area contributed by atoms with Crippen molar-refractivity contribution in [2.24, 2.45) is 5.92 Å². The molecule has 1 aliphatic carbocycles. The van der Waals surface area contributed by atoms with Gasteiger partial charge >= 0.3 is 0 Å². The second-order valence-electron chi connectivity index (χ2n) is 6.45. The number of ether oxygens (including phenoxy) is 2. The molecule has 0 radical (unpaired) electrons. The van der Waals surface area contributed by atoms with E-state index in [1.54, 1.807) is 7.11 Å². The number of rotatable bonds is 4. The van der Waals surface area contributed by atoms with Crippen LogP contribution < -0.4 is 0 Å². The molecule has 0 aromatic carbocycles. The average molecular weight is 283 g/mol. The Morgan fingerprint density at radius 2 is 1.45 bits per heavy atom. The van der Waals surface area contributed by atoms with Gasteiger partial charge in [-0.3, -0.25) is 4.79 Å². The number of methoxy groups -OCH3 is 1. The molecular formula is C16H29NO3. The van der Waals surface area contributed by atoms with Gasteiger partial charge in [0, 0.05) is 26.1 Å². The van der Waals surface area contributed by atoms with Crippen molar-refractivity contribution in [2.75, 3.05) is 20.2 Å². The molecule has 1 heterocycles. The molecule has 1 saturated heterocycles. The number of hydrogen-bond acceptors (Lipinski definition) is 3. The molecule has 0 N–H and O–H groups in total. The molecule has 0 spiro atoms. The number of nitrogens with zero attached hydrogens (tertiary/aromatic N) is 1. The summed E-state index contributed by atoms with van der Waals surface area (Å²) < 4.78 is 11.6. The van der Waals surface area contributed by atoms with Crippen molar-refractivity contribution in [3.63, 3.8) is 0 Å². The van der Waals surface area contributed by atoms with E-state index in [9.17, 15) is 4.79 Å². The Balaban J connectivity index is 1.68. The largest absolute Gasteiger partial charge is 0.381 e. The Hall–Kier alpha value is -0.610. The maximum Gasteiger partial charge on any atom is 0.225 e. The number of hydrogen-bond donors (Lipinski definition) is 0. The van der Waals surface area contributed by atoms with Crippen molar-refractivity contribution in [2.45, 2.75) is 70.7 Å². The van der Waals surface area contributed by atoms with Gasteiger partial charge in [-0.2, -0.15) is 0 Å². The van der Waals surface area contributed by atoms with Gasteiger partial charge in [-0.25, -0.2) is 0 Å². The van der Waals surface area contributed by atoms with E-state index >= 15 is 0 Å². The average Bonchev–Trinajstić information content (AvgIpc) is 2.48. The Morgan fingerprint density at radius 1 is 0.950 bits per heavy atom. The summed E-state index contributed by atoms with van der Waals surface area (Å²) >= 11 is 0. The summed E-state index contributed by atoms with van der Waals surface area (Å²) in [5.74, 6) is 0.390. The van der Waals surface area contributed by atoms with Gasteiger partial charge in [-0.1, -0.05) is 13.8 Å². The Kier molecular flexibility index (Phi) is 5.85. The molecule has 1 aliphatic heterocycles. The van der Waals surface area contributed by atoms with E-state index < -0.39 is 0 Å². The fourth-order valence-corrected chi connectivity index (χ4v) is 3.25. The highest BCUT2D eigenvalue weighted by molar-refractivity contribution is 5.78. The van der Waals surface area contributed by atoms with Crippen LogP contribution in [-0.2, 0) is 14.3 Å². The third-order valence-electron chi connectivity index (χ3n) is 4.59. The van der Waals surface area contributed by atoms with Gasteiger partial charge in [0.1, 0.15) is 0 Å². The van der Waals surface area contributed by atoms with Crippen LogP contribution in [0.5, 0.6) is 0 Å². The van der Waals surface area contributed by atoms with E-state index in [4.69, 9.17) is 9.47 Å². The number of amides is 1. The molecule has 0 aromatic heterocycles. The molecule has 0 bridgehead atoms. The Morgan fingerprint density at radius 3 is 1.95 bits per heavy atom. The standard InChI is InChI=1S/C16H29NO3/c1-12(2)16(18)17-10-8-15(9-11-17)20-14-6-4-13(19-3)5-7-14/h12-15H,4-11H2,1-3H3. The van der Waals surface area contributed by atoms with Gasteiger partial charge in [-0.15, -0.1) is 0 Å². The number of piperidine rings is 1. The number of carbonyl (C=O) groups excluding carboxylic acids is 1. The summed E-state index contributed by atoms with van der Waals surface area (Å²) in [7, 11) is 1.80. The zero-order valence-corrected chi connectivity index (χ0v) is 13.1. The first-order valence-corrected chi connectivity index (χ1v) is 8.07. The highest BCUT2D eigenvalue weighted by Gasteiger charge is 2.28. The first-order valence-electron chi connectivity index (χ1n) is 8.07. The molecule has 4 heteroatoms. The van der Waals surface area contributed by atoms with Gasteiger partial charge in [0.05, 0.1) is 18.3 Å². The van der Waals surface area contributed by atoms with Crippen LogP contribution in [0.2, 0.25) is 0 Å². The molecule has 20 heavy (non-hydrogen) atoms. The second kappa shape index (κ2) is 7.41. The fourth-order valence-electron chi connectivity index (χ4n) is 3.25. The minimum atomic E-state index is 0.108. The molecule has 4 nitrogen and oxygen atoms in total. The van der Waals surface area contributed by atoms with Crippen molar-refractivity contribution in [1.82, 2.24) is 4.90 Å². The molecule has 0 atom stereocenters. The van der Waals surface area contributed by atoms with E-state index in [0.717, 1.165) is 51.6 Å². The molecule has 1 amide bonds. The zero-order chi connectivity index (χ0) is 14.5. The summed E-state index contributed by atoms with van der Waals surface area (Å²) in [6, 6.07) is 0. The summed E-state index contributed by atoms with van der Waals surface area (Å²) in [6.07, 6.45) is 7.62. The van der Waals surface area contributed by atoms with Crippen molar-refractivity contribution >= 4 is 5.91 Å². The highest BCUT2D eigenvalue weighted by atomic mass is 16.5. The lowest BCUT2D eigenvalue weighted by Crippen LogP contribution is -2.43. The second-order valence-corrected chi connectivity index (χ2v) is 6.45. The SMILES string of the molecule is COC1CCC(OC2CCN(C(=O)C(C)C)CC2)CC1. The van der Waals surface area contributed by atoms with Gasteiger partial charge in [-0.05, 0) is 38.5 Å². The molecule has 2 aliphatic rings. The minimum Gasteiger partial charge on any atom is -0.381 e. The number of carbonyl (C=O) groups is 1.